The second-order valence-corrected chi connectivity index (χ2v) is 15.6. The van der Waals surface area contributed by atoms with Gasteiger partial charge in [0.15, 0.2) is 0 Å². The number of esters is 2. The minimum Gasteiger partial charge on any atom is -0.375 e. The zero-order chi connectivity index (χ0) is 39.5. The quantitative estimate of drug-likeness (QED) is 0.0365. The van der Waals surface area contributed by atoms with Crippen LogP contribution in [0.5, 0.6) is 0 Å². The van der Waals surface area contributed by atoms with Gasteiger partial charge in [-0.2, -0.15) is 0 Å². The summed E-state index contributed by atoms with van der Waals surface area (Å²) in [7, 11) is 0. The second-order valence-electron chi connectivity index (χ2n) is 14.0. The SMILES string of the molecule is O=C1NC(CCCCN2C(=O)c3cc(Cl)c4c5c(Cl)cc6c7c(cc(Cl)c(c8c(Cl)cc(c3c48)C2=O)c75)C(=O)N(CCCCC2NC(=O)OC2=O)C6=O)C(=O)O1. The van der Waals surface area contributed by atoms with E-state index in [1.54, 1.807) is 0 Å². The molecule has 0 spiro atoms. The first-order chi connectivity index (χ1) is 26.8. The molecule has 4 heterocycles. The van der Waals surface area contributed by atoms with Crippen LogP contribution in [0, 0.1) is 0 Å². The molecule has 2 saturated heterocycles. The number of unbranched alkanes of at least 4 members (excludes halogenated alkanes) is 2. The van der Waals surface area contributed by atoms with E-state index >= 15 is 0 Å². The highest BCUT2D eigenvalue weighted by molar-refractivity contribution is 6.56. The Bertz CT molecular complexity index is 2440. The standard InChI is InChI=1S/C38H24Cl4N4O10/c39-17-9-13-23-14(32(48)45(31(13)47)7-3-1-5-21-35(51)55-37(53)43-21)10-18(40)26-28-20(42)12-16-24-15(11-19(41)27(30(24)28)25(17)29(23)26)33(49)46(34(16)50)8-4-2-6-22-36(52)56-38(54)44-22/h9-12,21-22H,1-8H2,(H,43,53)(H,44,54). The first-order valence-electron chi connectivity index (χ1n) is 17.5. The average Bonchev–Trinajstić information content (AvgIpc) is 3.66. The van der Waals surface area contributed by atoms with Crippen molar-refractivity contribution in [2.24, 2.45) is 0 Å². The number of alkyl carbamates (subject to hydrolysis) is 2. The van der Waals surface area contributed by atoms with Crippen molar-refractivity contribution in [3.8, 4) is 0 Å². The van der Waals surface area contributed by atoms with E-state index in [4.69, 9.17) is 46.4 Å². The number of nitrogens with zero attached hydrogens (tertiary/aromatic N) is 2. The summed E-state index contributed by atoms with van der Waals surface area (Å²) in [5, 5.41) is 7.94. The Kier molecular flexibility index (Phi) is 8.54. The fourth-order valence-electron chi connectivity index (χ4n) is 8.37. The zero-order valence-corrected chi connectivity index (χ0v) is 31.6. The molecular weight excluding hydrogens is 814 g/mol. The number of hydrogen-bond donors (Lipinski definition) is 2. The fraction of sp³-hybridized carbons (Fsp3) is 0.263. The molecule has 56 heavy (non-hydrogen) atoms. The van der Waals surface area contributed by atoms with Gasteiger partial charge < -0.3 is 20.1 Å². The minimum absolute atomic E-state index is 0.00481. The monoisotopic (exact) mass is 836 g/mol. The second kappa shape index (κ2) is 13.2. The molecule has 4 aliphatic heterocycles. The smallest absolute Gasteiger partial charge is 0.375 e. The predicted molar refractivity (Wildman–Crippen MR) is 203 cm³/mol. The molecule has 2 atom stereocenters. The molecule has 4 aliphatic rings. The van der Waals surface area contributed by atoms with E-state index in [1.807, 2.05) is 0 Å². The summed E-state index contributed by atoms with van der Waals surface area (Å²) < 4.78 is 9.01. The summed E-state index contributed by atoms with van der Waals surface area (Å²) in [6, 6.07) is 4.22. The van der Waals surface area contributed by atoms with Crippen molar-refractivity contribution in [1.29, 1.82) is 0 Å². The molecule has 2 N–H and O–H groups in total. The van der Waals surface area contributed by atoms with Gasteiger partial charge >= 0.3 is 24.1 Å². The van der Waals surface area contributed by atoms with Crippen molar-refractivity contribution in [3.05, 3.63) is 66.6 Å². The molecule has 5 aromatic carbocycles. The van der Waals surface area contributed by atoms with Gasteiger partial charge in [0.25, 0.3) is 23.6 Å². The van der Waals surface area contributed by atoms with Crippen LogP contribution in [0.2, 0.25) is 20.1 Å². The number of halogens is 4. The summed E-state index contributed by atoms with van der Waals surface area (Å²) in [5.74, 6) is -3.77. The number of nitrogens with one attached hydrogen (secondary N) is 2. The predicted octanol–water partition coefficient (Wildman–Crippen LogP) is 7.15. The molecule has 6 amide bonds. The number of fused-ring (bicyclic) bond motifs is 2. The van der Waals surface area contributed by atoms with Crippen LogP contribution in [0.3, 0.4) is 0 Å². The summed E-state index contributed by atoms with van der Waals surface area (Å²) in [6.07, 6.45) is 0.297. The molecule has 2 unspecified atom stereocenters. The molecule has 0 aliphatic carbocycles. The third kappa shape index (κ3) is 5.30. The molecule has 5 aromatic rings. The van der Waals surface area contributed by atoms with Gasteiger partial charge in [0.05, 0.1) is 22.3 Å². The van der Waals surface area contributed by atoms with E-state index in [9.17, 15) is 38.4 Å². The molecule has 0 saturated carbocycles. The van der Waals surface area contributed by atoms with Crippen LogP contribution >= 0.6 is 46.4 Å². The fourth-order valence-corrected chi connectivity index (χ4v) is 9.56. The highest BCUT2D eigenvalue weighted by Crippen LogP contribution is 2.53. The van der Waals surface area contributed by atoms with Crippen LogP contribution in [0.1, 0.15) is 80.0 Å². The Morgan fingerprint density at radius 1 is 0.446 bits per heavy atom. The van der Waals surface area contributed by atoms with Crippen LogP contribution in [0.25, 0.3) is 43.1 Å². The molecular formula is C38H24Cl4N4O10. The van der Waals surface area contributed by atoms with Gasteiger partial charge in [-0.3, -0.25) is 29.0 Å². The van der Waals surface area contributed by atoms with E-state index in [0.29, 0.717) is 68.8 Å². The molecule has 14 nitrogen and oxygen atoms in total. The van der Waals surface area contributed by atoms with Crippen molar-refractivity contribution in [3.63, 3.8) is 0 Å². The maximum atomic E-state index is 14.0. The van der Waals surface area contributed by atoms with Crippen LogP contribution < -0.4 is 10.6 Å². The Morgan fingerprint density at radius 3 is 1.02 bits per heavy atom. The number of hydrogen-bond acceptors (Lipinski definition) is 10. The molecule has 0 bridgehead atoms. The van der Waals surface area contributed by atoms with Crippen LogP contribution in [-0.2, 0) is 19.1 Å². The highest BCUT2D eigenvalue weighted by atomic mass is 35.5. The topological polar surface area (TPSA) is 186 Å². The maximum absolute atomic E-state index is 14.0. The summed E-state index contributed by atoms with van der Waals surface area (Å²) in [4.78, 5) is 105. The van der Waals surface area contributed by atoms with Crippen LogP contribution in [-0.4, -0.2) is 82.7 Å². The summed E-state index contributed by atoms with van der Waals surface area (Å²) in [6.45, 7) is 0.00962. The van der Waals surface area contributed by atoms with Crippen molar-refractivity contribution in [2.75, 3.05) is 13.1 Å². The van der Waals surface area contributed by atoms with Gasteiger partial charge in [-0.05, 0) is 62.8 Å². The number of ether oxygens (including phenoxy) is 2. The lowest BCUT2D eigenvalue weighted by Gasteiger charge is -2.31. The van der Waals surface area contributed by atoms with E-state index in [2.05, 4.69) is 20.1 Å². The molecule has 18 heteroatoms. The number of imide groups is 2. The number of benzene rings is 5. The number of cyclic esters (lactones) is 4. The van der Waals surface area contributed by atoms with Crippen molar-refractivity contribution in [2.45, 2.75) is 50.6 Å². The lowest BCUT2D eigenvalue weighted by Crippen LogP contribution is -2.41. The first kappa shape index (κ1) is 36.4. The van der Waals surface area contributed by atoms with Gasteiger partial charge in [0.1, 0.15) is 12.1 Å². The van der Waals surface area contributed by atoms with Crippen molar-refractivity contribution >= 4 is 137 Å². The van der Waals surface area contributed by atoms with Crippen LogP contribution in [0.15, 0.2) is 24.3 Å². The zero-order valence-electron chi connectivity index (χ0n) is 28.6. The Labute approximate surface area is 334 Å². The Hall–Kier alpha value is -5.28. The van der Waals surface area contributed by atoms with E-state index in [1.165, 1.54) is 24.3 Å². The summed E-state index contributed by atoms with van der Waals surface area (Å²) >= 11 is 28.2. The van der Waals surface area contributed by atoms with E-state index in [0.717, 1.165) is 9.80 Å². The summed E-state index contributed by atoms with van der Waals surface area (Å²) in [5.41, 5.74) is 0.564. The minimum atomic E-state index is -0.820. The number of carbonyl (C=O) groups excluding carboxylic acids is 8. The van der Waals surface area contributed by atoms with Crippen molar-refractivity contribution in [1.82, 2.24) is 20.4 Å². The number of carbonyl (C=O) groups is 8. The highest BCUT2D eigenvalue weighted by Gasteiger charge is 2.40. The Balaban J connectivity index is 1.11. The van der Waals surface area contributed by atoms with Gasteiger partial charge in [-0.15, -0.1) is 0 Å². The number of amides is 6. The molecule has 9 rings (SSSR count). The van der Waals surface area contributed by atoms with E-state index in [-0.39, 0.29) is 68.3 Å². The van der Waals surface area contributed by atoms with Gasteiger partial charge in [-0.25, -0.2) is 19.2 Å². The van der Waals surface area contributed by atoms with Gasteiger partial charge in [-0.1, -0.05) is 46.4 Å². The lowest BCUT2D eigenvalue weighted by molar-refractivity contribution is -0.136. The average molecular weight is 838 g/mol. The number of rotatable bonds is 10. The molecule has 284 valence electrons. The van der Waals surface area contributed by atoms with Gasteiger partial charge in [0, 0.05) is 76.3 Å². The van der Waals surface area contributed by atoms with E-state index < -0.39 is 59.8 Å². The largest absolute Gasteiger partial charge is 0.415 e. The lowest BCUT2D eigenvalue weighted by atomic mass is 9.82. The van der Waals surface area contributed by atoms with Crippen molar-refractivity contribution < 1.29 is 47.8 Å². The molecule has 2 fully saturated rings. The normalized spacial score (nSPS) is 19.4. The third-order valence-corrected chi connectivity index (χ3v) is 12.0. The maximum Gasteiger partial charge on any atom is 0.415 e. The first-order valence-corrected chi connectivity index (χ1v) is 19.0. The molecule has 0 radical (unpaired) electrons. The molecule has 0 aromatic heterocycles. The third-order valence-electron chi connectivity index (χ3n) is 10.8. The van der Waals surface area contributed by atoms with Crippen LogP contribution in [0.4, 0.5) is 9.59 Å². The Morgan fingerprint density at radius 2 is 0.750 bits per heavy atom. The van der Waals surface area contributed by atoms with Gasteiger partial charge in [0.2, 0.25) is 0 Å².